The van der Waals surface area contributed by atoms with Gasteiger partial charge in [0, 0.05) is 30.7 Å². The number of carbonyl (C=O) groups excluding carboxylic acids is 3. The van der Waals surface area contributed by atoms with Crippen LogP contribution in [0.15, 0.2) is 72.1 Å². The summed E-state index contributed by atoms with van der Waals surface area (Å²) < 4.78 is 5.30. The summed E-state index contributed by atoms with van der Waals surface area (Å²) >= 11 is 1.53. The molecule has 33 heavy (non-hydrogen) atoms. The Labute approximate surface area is 194 Å². The summed E-state index contributed by atoms with van der Waals surface area (Å²) in [4.78, 5) is 44.2. The van der Waals surface area contributed by atoms with E-state index in [1.165, 1.54) is 16.2 Å². The van der Waals surface area contributed by atoms with Crippen molar-refractivity contribution in [2.24, 2.45) is 0 Å². The predicted molar refractivity (Wildman–Crippen MR) is 128 cm³/mol. The number of hydrogen-bond acceptors (Lipinski definition) is 6. The standard InChI is InChI=1S/C25H21N3O4S/c1-28(2)24(30)16-9-11-17(12-10-16)26-23(29)15-32-25(31)19-14-21(22-8-5-13-33-22)27-20-7-4-3-6-18(19)20/h3-14H,15H2,1-2H3,(H,26,29). The summed E-state index contributed by atoms with van der Waals surface area (Å²) in [7, 11) is 3.34. The molecular weight excluding hydrogens is 438 g/mol. The van der Waals surface area contributed by atoms with Gasteiger partial charge in [-0.2, -0.15) is 0 Å². The summed E-state index contributed by atoms with van der Waals surface area (Å²) in [6.07, 6.45) is 0. The number of nitrogens with one attached hydrogen (secondary N) is 1. The first-order chi connectivity index (χ1) is 15.9. The summed E-state index contributed by atoms with van der Waals surface area (Å²) in [6.45, 7) is -0.442. The number of hydrogen-bond donors (Lipinski definition) is 1. The predicted octanol–water partition coefficient (Wildman–Crippen LogP) is 4.46. The molecular formula is C25H21N3O4S. The van der Waals surface area contributed by atoms with Gasteiger partial charge in [0.05, 0.1) is 21.7 Å². The molecule has 0 spiro atoms. The molecule has 0 atom stereocenters. The Morgan fingerprint density at radius 1 is 1.00 bits per heavy atom. The normalized spacial score (nSPS) is 10.6. The van der Waals surface area contributed by atoms with Gasteiger partial charge < -0.3 is 15.0 Å². The zero-order chi connectivity index (χ0) is 23.4. The third-order valence-corrected chi connectivity index (χ3v) is 5.76. The van der Waals surface area contributed by atoms with Gasteiger partial charge in [-0.25, -0.2) is 9.78 Å². The number of carbonyl (C=O) groups is 3. The monoisotopic (exact) mass is 459 g/mol. The lowest BCUT2D eigenvalue weighted by atomic mass is 10.1. The minimum atomic E-state index is -0.603. The van der Waals surface area contributed by atoms with Crippen LogP contribution in [0.5, 0.6) is 0 Å². The molecule has 0 bridgehead atoms. The number of anilines is 1. The minimum absolute atomic E-state index is 0.131. The third kappa shape index (κ3) is 5.07. The van der Waals surface area contributed by atoms with E-state index in [1.54, 1.807) is 50.5 Å². The SMILES string of the molecule is CN(C)C(=O)c1ccc(NC(=O)COC(=O)c2cc(-c3cccs3)nc3ccccc23)cc1. The van der Waals surface area contributed by atoms with Crippen LogP contribution in [-0.2, 0) is 9.53 Å². The van der Waals surface area contributed by atoms with Crippen LogP contribution in [0.25, 0.3) is 21.5 Å². The van der Waals surface area contributed by atoms with Gasteiger partial charge in [-0.1, -0.05) is 24.3 Å². The molecule has 4 rings (SSSR count). The number of ether oxygens (including phenoxy) is 1. The zero-order valence-electron chi connectivity index (χ0n) is 18.1. The van der Waals surface area contributed by atoms with Crippen molar-refractivity contribution in [3.63, 3.8) is 0 Å². The highest BCUT2D eigenvalue weighted by molar-refractivity contribution is 7.13. The molecule has 0 aliphatic carbocycles. The number of amides is 2. The van der Waals surface area contributed by atoms with Crippen molar-refractivity contribution in [3.8, 4) is 10.6 Å². The van der Waals surface area contributed by atoms with Crippen molar-refractivity contribution in [1.29, 1.82) is 0 Å². The number of aromatic nitrogens is 1. The lowest BCUT2D eigenvalue weighted by Crippen LogP contribution is -2.22. The fourth-order valence-corrected chi connectivity index (χ4v) is 3.94. The molecule has 2 heterocycles. The smallest absolute Gasteiger partial charge is 0.339 e. The number of benzene rings is 2. The van der Waals surface area contributed by atoms with Crippen molar-refractivity contribution in [2.45, 2.75) is 0 Å². The molecule has 166 valence electrons. The van der Waals surface area contributed by atoms with Crippen LogP contribution in [0, 0.1) is 0 Å². The van der Waals surface area contributed by atoms with Gasteiger partial charge in [0.1, 0.15) is 0 Å². The van der Waals surface area contributed by atoms with Gasteiger partial charge in [-0.05, 0) is 47.8 Å². The molecule has 0 saturated heterocycles. The fourth-order valence-electron chi connectivity index (χ4n) is 3.26. The third-order valence-electron chi connectivity index (χ3n) is 4.87. The van der Waals surface area contributed by atoms with E-state index in [0.717, 1.165) is 4.88 Å². The molecule has 0 unspecified atom stereocenters. The highest BCUT2D eigenvalue weighted by Gasteiger charge is 2.17. The average molecular weight is 460 g/mol. The van der Waals surface area contributed by atoms with Gasteiger partial charge in [-0.15, -0.1) is 11.3 Å². The van der Waals surface area contributed by atoms with Crippen LogP contribution >= 0.6 is 11.3 Å². The zero-order valence-corrected chi connectivity index (χ0v) is 18.9. The summed E-state index contributed by atoms with van der Waals surface area (Å²) in [5.74, 6) is -1.21. The average Bonchev–Trinajstić information content (AvgIpc) is 3.37. The highest BCUT2D eigenvalue weighted by atomic mass is 32.1. The van der Waals surface area contributed by atoms with Crippen molar-refractivity contribution >= 4 is 45.7 Å². The van der Waals surface area contributed by atoms with Gasteiger partial charge in [-0.3, -0.25) is 9.59 Å². The maximum atomic E-state index is 12.9. The van der Waals surface area contributed by atoms with E-state index in [0.29, 0.717) is 33.4 Å². The van der Waals surface area contributed by atoms with Crippen LogP contribution in [0.3, 0.4) is 0 Å². The largest absolute Gasteiger partial charge is 0.452 e. The van der Waals surface area contributed by atoms with Gasteiger partial charge in [0.25, 0.3) is 11.8 Å². The lowest BCUT2D eigenvalue weighted by Gasteiger charge is -2.11. The van der Waals surface area contributed by atoms with E-state index in [2.05, 4.69) is 10.3 Å². The van der Waals surface area contributed by atoms with Gasteiger partial charge in [0.2, 0.25) is 0 Å². The quantitative estimate of drug-likeness (QED) is 0.430. The van der Waals surface area contributed by atoms with E-state index in [4.69, 9.17) is 4.74 Å². The summed E-state index contributed by atoms with van der Waals surface area (Å²) in [6, 6.07) is 19.3. The molecule has 0 aliphatic heterocycles. The molecule has 4 aromatic rings. The first-order valence-corrected chi connectivity index (χ1v) is 11.0. The Kier molecular flexibility index (Phi) is 6.46. The first-order valence-electron chi connectivity index (χ1n) is 10.1. The van der Waals surface area contributed by atoms with Gasteiger partial charge in [0.15, 0.2) is 6.61 Å². The fraction of sp³-hybridized carbons (Fsp3) is 0.120. The second kappa shape index (κ2) is 9.62. The van der Waals surface area contributed by atoms with E-state index in [1.807, 2.05) is 35.7 Å². The Bertz CT molecular complexity index is 1320. The minimum Gasteiger partial charge on any atom is -0.452 e. The highest BCUT2D eigenvalue weighted by Crippen LogP contribution is 2.28. The van der Waals surface area contributed by atoms with Crippen molar-refractivity contribution < 1.29 is 19.1 Å². The second-order valence-corrected chi connectivity index (χ2v) is 8.40. The molecule has 0 aliphatic rings. The van der Waals surface area contributed by atoms with E-state index in [9.17, 15) is 14.4 Å². The van der Waals surface area contributed by atoms with Crippen LogP contribution < -0.4 is 5.32 Å². The molecule has 0 fully saturated rings. The van der Waals surface area contributed by atoms with E-state index in [-0.39, 0.29) is 5.91 Å². The van der Waals surface area contributed by atoms with Crippen molar-refractivity contribution in [1.82, 2.24) is 9.88 Å². The Balaban J connectivity index is 1.45. The van der Waals surface area contributed by atoms with Crippen LogP contribution in [-0.4, -0.2) is 48.4 Å². The molecule has 0 saturated carbocycles. The van der Waals surface area contributed by atoms with E-state index >= 15 is 0 Å². The van der Waals surface area contributed by atoms with Crippen LogP contribution in [0.1, 0.15) is 20.7 Å². The number of fused-ring (bicyclic) bond motifs is 1. The summed E-state index contributed by atoms with van der Waals surface area (Å²) in [5, 5.41) is 5.26. The first kappa shape index (κ1) is 22.2. The van der Waals surface area contributed by atoms with Crippen molar-refractivity contribution in [3.05, 3.63) is 83.2 Å². The number of esters is 1. The maximum Gasteiger partial charge on any atom is 0.339 e. The number of para-hydroxylation sites is 1. The number of rotatable bonds is 6. The summed E-state index contributed by atoms with van der Waals surface area (Å²) in [5.41, 5.74) is 2.71. The van der Waals surface area contributed by atoms with Crippen LogP contribution in [0.2, 0.25) is 0 Å². The molecule has 8 heteroatoms. The molecule has 2 aromatic heterocycles. The molecule has 7 nitrogen and oxygen atoms in total. The number of nitrogens with zero attached hydrogens (tertiary/aromatic N) is 2. The maximum absolute atomic E-state index is 12.9. The Hall–Kier alpha value is -4.04. The van der Waals surface area contributed by atoms with Crippen LogP contribution in [0.4, 0.5) is 5.69 Å². The number of pyridine rings is 1. The Morgan fingerprint density at radius 3 is 2.45 bits per heavy atom. The van der Waals surface area contributed by atoms with Gasteiger partial charge >= 0.3 is 5.97 Å². The topological polar surface area (TPSA) is 88.6 Å². The molecule has 2 amide bonds. The second-order valence-electron chi connectivity index (χ2n) is 7.45. The Morgan fingerprint density at radius 2 is 1.76 bits per heavy atom. The lowest BCUT2D eigenvalue weighted by molar-refractivity contribution is -0.119. The van der Waals surface area contributed by atoms with Crippen molar-refractivity contribution in [2.75, 3.05) is 26.0 Å². The molecule has 2 aromatic carbocycles. The molecule has 0 radical (unpaired) electrons. The van der Waals surface area contributed by atoms with E-state index < -0.39 is 18.5 Å². The number of thiophene rings is 1. The molecule has 1 N–H and O–H groups in total.